The second-order valence-corrected chi connectivity index (χ2v) is 7.32. The van der Waals surface area contributed by atoms with Gasteiger partial charge in [0.2, 0.25) is 0 Å². The Morgan fingerprint density at radius 1 is 1.07 bits per heavy atom. The first-order valence-electron chi connectivity index (χ1n) is 5.83. The summed E-state index contributed by atoms with van der Waals surface area (Å²) in [6.45, 7) is 6.86. The van der Waals surface area contributed by atoms with Gasteiger partial charge in [0.25, 0.3) is 0 Å². The van der Waals surface area contributed by atoms with Crippen LogP contribution in [-0.4, -0.2) is 14.7 Å². The molecule has 1 aromatic rings. The van der Waals surface area contributed by atoms with Crippen molar-refractivity contribution < 1.29 is 0 Å². The van der Waals surface area contributed by atoms with Crippen molar-refractivity contribution in [2.75, 3.05) is 5.88 Å². The zero-order chi connectivity index (χ0) is 11.5. The summed E-state index contributed by atoms with van der Waals surface area (Å²) in [6, 6.07) is 10.7. The highest BCUT2D eigenvalue weighted by Gasteiger charge is 1.95. The van der Waals surface area contributed by atoms with Crippen LogP contribution in [0.3, 0.4) is 0 Å². The van der Waals surface area contributed by atoms with Crippen LogP contribution >= 0.6 is 11.6 Å². The van der Waals surface area contributed by atoms with E-state index in [-0.39, 0.29) is 0 Å². The normalized spacial score (nSPS) is 9.67. The third kappa shape index (κ3) is 8.70. The minimum Gasteiger partial charge on any atom is -0.127 e. The SMILES string of the molecule is CCCCCCl.C[SiH](C)c1ccccc1. The lowest BCUT2D eigenvalue weighted by atomic mass is 10.3. The highest BCUT2D eigenvalue weighted by molar-refractivity contribution is 6.70. The number of rotatable bonds is 4. The van der Waals surface area contributed by atoms with Crippen molar-refractivity contribution in [3.63, 3.8) is 0 Å². The van der Waals surface area contributed by atoms with Crippen molar-refractivity contribution in [2.45, 2.75) is 39.3 Å². The summed E-state index contributed by atoms with van der Waals surface area (Å²) in [4.78, 5) is 0. The van der Waals surface area contributed by atoms with Crippen LogP contribution in [-0.2, 0) is 0 Å². The molecule has 86 valence electrons. The van der Waals surface area contributed by atoms with Crippen molar-refractivity contribution in [1.82, 2.24) is 0 Å². The molecule has 1 rings (SSSR count). The fourth-order valence-corrected chi connectivity index (χ4v) is 2.36. The van der Waals surface area contributed by atoms with E-state index < -0.39 is 8.80 Å². The summed E-state index contributed by atoms with van der Waals surface area (Å²) < 4.78 is 0. The number of halogens is 1. The van der Waals surface area contributed by atoms with Gasteiger partial charge in [-0.25, -0.2) is 0 Å². The molecular formula is C13H23ClSi. The first kappa shape index (κ1) is 14.7. The van der Waals surface area contributed by atoms with E-state index in [1.165, 1.54) is 19.3 Å². The summed E-state index contributed by atoms with van der Waals surface area (Å²) in [5.74, 6) is 0.827. The predicted molar refractivity (Wildman–Crippen MR) is 75.2 cm³/mol. The molecule has 0 radical (unpaired) electrons. The Morgan fingerprint density at radius 3 is 1.93 bits per heavy atom. The van der Waals surface area contributed by atoms with Gasteiger partial charge in [-0.3, -0.25) is 0 Å². The van der Waals surface area contributed by atoms with Crippen LogP contribution in [0.15, 0.2) is 30.3 Å². The maximum absolute atomic E-state index is 5.38. The van der Waals surface area contributed by atoms with Gasteiger partial charge in [-0.15, -0.1) is 11.6 Å². The quantitative estimate of drug-likeness (QED) is 0.428. The Hall–Kier alpha value is -0.273. The lowest BCUT2D eigenvalue weighted by molar-refractivity contribution is 0.776. The van der Waals surface area contributed by atoms with Gasteiger partial charge in [0, 0.05) is 5.88 Å². The number of benzene rings is 1. The largest absolute Gasteiger partial charge is 0.127 e. The molecule has 0 aliphatic carbocycles. The average molecular weight is 243 g/mol. The van der Waals surface area contributed by atoms with E-state index in [9.17, 15) is 0 Å². The van der Waals surface area contributed by atoms with Crippen molar-refractivity contribution in [1.29, 1.82) is 0 Å². The average Bonchev–Trinajstić information content (AvgIpc) is 2.28. The second kappa shape index (κ2) is 10.3. The fraction of sp³-hybridized carbons (Fsp3) is 0.538. The number of hydrogen-bond donors (Lipinski definition) is 0. The maximum atomic E-state index is 5.38. The predicted octanol–water partition coefficient (Wildman–Crippen LogP) is 3.80. The first-order valence-corrected chi connectivity index (χ1v) is 9.25. The third-order valence-corrected chi connectivity index (χ3v) is 4.19. The van der Waals surface area contributed by atoms with Gasteiger partial charge in [-0.1, -0.05) is 68.4 Å². The molecule has 0 aliphatic heterocycles. The summed E-state index contributed by atoms with van der Waals surface area (Å²) in [5, 5.41) is 1.55. The molecule has 0 aromatic heterocycles. The van der Waals surface area contributed by atoms with Crippen LogP contribution in [0.4, 0.5) is 0 Å². The van der Waals surface area contributed by atoms with E-state index in [0.717, 1.165) is 5.88 Å². The second-order valence-electron chi connectivity index (χ2n) is 3.96. The molecule has 0 unspecified atom stereocenters. The molecular weight excluding hydrogens is 220 g/mol. The smallest absolute Gasteiger partial charge is 0.0647 e. The fourth-order valence-electron chi connectivity index (χ4n) is 1.18. The Labute approximate surface area is 101 Å². The van der Waals surface area contributed by atoms with E-state index in [1.807, 2.05) is 0 Å². The van der Waals surface area contributed by atoms with Gasteiger partial charge >= 0.3 is 0 Å². The van der Waals surface area contributed by atoms with E-state index in [2.05, 4.69) is 50.3 Å². The summed E-state index contributed by atoms with van der Waals surface area (Å²) in [7, 11) is -0.529. The van der Waals surface area contributed by atoms with Crippen LogP contribution in [0.1, 0.15) is 26.2 Å². The minimum atomic E-state index is -0.529. The maximum Gasteiger partial charge on any atom is 0.0647 e. The van der Waals surface area contributed by atoms with Gasteiger partial charge < -0.3 is 0 Å². The van der Waals surface area contributed by atoms with Crippen molar-refractivity contribution >= 4 is 25.6 Å². The van der Waals surface area contributed by atoms with E-state index in [1.54, 1.807) is 5.19 Å². The molecule has 0 saturated heterocycles. The van der Waals surface area contributed by atoms with Crippen LogP contribution in [0, 0.1) is 0 Å². The van der Waals surface area contributed by atoms with Gasteiger partial charge in [0.15, 0.2) is 0 Å². The van der Waals surface area contributed by atoms with Gasteiger partial charge in [-0.05, 0) is 6.42 Å². The molecule has 0 bridgehead atoms. The molecule has 2 heteroatoms. The lowest BCUT2D eigenvalue weighted by Crippen LogP contribution is -2.21. The Bertz CT molecular complexity index is 217. The Kier molecular flexibility index (Phi) is 10.1. The topological polar surface area (TPSA) is 0 Å². The van der Waals surface area contributed by atoms with Crippen LogP contribution in [0.2, 0.25) is 13.1 Å². The van der Waals surface area contributed by atoms with Crippen LogP contribution in [0.5, 0.6) is 0 Å². The van der Waals surface area contributed by atoms with Gasteiger partial charge in [-0.2, -0.15) is 0 Å². The molecule has 0 atom stereocenters. The van der Waals surface area contributed by atoms with E-state index in [4.69, 9.17) is 11.6 Å². The highest BCUT2D eigenvalue weighted by atomic mass is 35.5. The highest BCUT2D eigenvalue weighted by Crippen LogP contribution is 1.93. The molecule has 0 spiro atoms. The van der Waals surface area contributed by atoms with Crippen molar-refractivity contribution in [3.8, 4) is 0 Å². The van der Waals surface area contributed by atoms with Crippen LogP contribution < -0.4 is 5.19 Å². The molecule has 0 fully saturated rings. The Balaban J connectivity index is 0.000000288. The molecule has 1 aromatic carbocycles. The molecule has 0 aliphatic rings. The van der Waals surface area contributed by atoms with Crippen molar-refractivity contribution in [2.24, 2.45) is 0 Å². The standard InChI is InChI=1S/C8H12Si.C5H11Cl/c1-9(2)8-6-4-3-5-7-8;1-2-3-4-5-6/h3-7,9H,1-2H3;2-5H2,1H3. The van der Waals surface area contributed by atoms with Gasteiger partial charge in [0.1, 0.15) is 0 Å². The zero-order valence-electron chi connectivity index (χ0n) is 10.2. The monoisotopic (exact) mass is 242 g/mol. The number of hydrogen-bond acceptors (Lipinski definition) is 0. The molecule has 0 saturated carbocycles. The molecule has 0 amide bonds. The van der Waals surface area contributed by atoms with Crippen LogP contribution in [0.25, 0.3) is 0 Å². The number of alkyl halides is 1. The molecule has 0 N–H and O–H groups in total. The molecule has 15 heavy (non-hydrogen) atoms. The summed E-state index contributed by atoms with van der Waals surface area (Å²) in [5.41, 5.74) is 0. The molecule has 0 heterocycles. The lowest BCUT2D eigenvalue weighted by Gasteiger charge is -1.99. The minimum absolute atomic E-state index is 0.529. The first-order chi connectivity index (χ1) is 7.22. The summed E-state index contributed by atoms with van der Waals surface area (Å²) >= 11 is 5.38. The van der Waals surface area contributed by atoms with E-state index >= 15 is 0 Å². The molecule has 0 nitrogen and oxygen atoms in total. The third-order valence-electron chi connectivity index (χ3n) is 2.20. The Morgan fingerprint density at radius 2 is 1.67 bits per heavy atom. The van der Waals surface area contributed by atoms with Crippen molar-refractivity contribution in [3.05, 3.63) is 30.3 Å². The summed E-state index contributed by atoms with van der Waals surface area (Å²) in [6.07, 6.45) is 3.73. The number of unbranched alkanes of at least 4 members (excludes halogenated alkanes) is 2. The van der Waals surface area contributed by atoms with Gasteiger partial charge in [0.05, 0.1) is 8.80 Å². The van der Waals surface area contributed by atoms with E-state index in [0.29, 0.717) is 0 Å². The zero-order valence-corrected chi connectivity index (χ0v) is 12.1.